The van der Waals surface area contributed by atoms with Gasteiger partial charge in [-0.15, -0.1) is 0 Å². The summed E-state index contributed by atoms with van der Waals surface area (Å²) in [6.07, 6.45) is 1.64. The van der Waals surface area contributed by atoms with Gasteiger partial charge < -0.3 is 14.4 Å². The van der Waals surface area contributed by atoms with Crippen LogP contribution in [-0.4, -0.2) is 54.5 Å². The molecule has 0 bridgehead atoms. The number of imide groups is 1. The summed E-state index contributed by atoms with van der Waals surface area (Å²) in [6, 6.07) is 17.3. The maximum Gasteiger partial charge on any atom is 0.277 e. The van der Waals surface area contributed by atoms with Crippen LogP contribution in [0.15, 0.2) is 60.3 Å². The highest BCUT2D eigenvalue weighted by molar-refractivity contribution is 6.35. The van der Waals surface area contributed by atoms with Crippen molar-refractivity contribution in [3.8, 4) is 5.75 Å². The SMILES string of the molecule is CCCOc1ccc(C2=C(N(C)Cc3ccccc3)C(=O)N(CCCOC(C)C)C2=O)cc1. The van der Waals surface area contributed by atoms with Gasteiger partial charge in [0, 0.05) is 26.7 Å². The number of hydrogen-bond donors (Lipinski definition) is 0. The van der Waals surface area contributed by atoms with Crippen LogP contribution in [0.2, 0.25) is 0 Å². The molecule has 0 unspecified atom stereocenters. The van der Waals surface area contributed by atoms with Crippen LogP contribution in [0.3, 0.4) is 0 Å². The lowest BCUT2D eigenvalue weighted by Gasteiger charge is -2.21. The molecule has 1 aliphatic heterocycles. The summed E-state index contributed by atoms with van der Waals surface area (Å²) < 4.78 is 11.3. The van der Waals surface area contributed by atoms with Gasteiger partial charge in [-0.25, -0.2) is 0 Å². The third-order valence-corrected chi connectivity index (χ3v) is 5.38. The lowest BCUT2D eigenvalue weighted by Crippen LogP contribution is -2.35. The zero-order chi connectivity index (χ0) is 23.8. The fourth-order valence-electron chi connectivity index (χ4n) is 3.80. The van der Waals surface area contributed by atoms with E-state index in [0.29, 0.717) is 49.6 Å². The van der Waals surface area contributed by atoms with Gasteiger partial charge in [0.2, 0.25) is 0 Å². The summed E-state index contributed by atoms with van der Waals surface area (Å²) in [5.74, 6) is 0.228. The molecule has 2 aromatic rings. The molecule has 2 aromatic carbocycles. The molecule has 6 nitrogen and oxygen atoms in total. The number of carbonyl (C=O) groups excluding carboxylic acids is 2. The molecule has 3 rings (SSSR count). The summed E-state index contributed by atoms with van der Waals surface area (Å²) in [5.41, 5.74) is 2.65. The Morgan fingerprint density at radius 3 is 2.27 bits per heavy atom. The first-order valence-electron chi connectivity index (χ1n) is 11.6. The van der Waals surface area contributed by atoms with Crippen molar-refractivity contribution in [1.82, 2.24) is 9.80 Å². The molecular formula is C27H34N2O4. The van der Waals surface area contributed by atoms with Crippen molar-refractivity contribution < 1.29 is 19.1 Å². The highest BCUT2D eigenvalue weighted by Gasteiger charge is 2.40. The van der Waals surface area contributed by atoms with Crippen LogP contribution in [0.25, 0.3) is 5.57 Å². The zero-order valence-corrected chi connectivity index (χ0v) is 20.0. The third-order valence-electron chi connectivity index (χ3n) is 5.38. The first kappa shape index (κ1) is 24.5. The Labute approximate surface area is 196 Å². The monoisotopic (exact) mass is 450 g/mol. The summed E-state index contributed by atoms with van der Waals surface area (Å²) in [6.45, 7) is 7.98. The minimum atomic E-state index is -0.262. The molecule has 0 radical (unpaired) electrons. The van der Waals surface area contributed by atoms with Crippen molar-refractivity contribution in [1.29, 1.82) is 0 Å². The summed E-state index contributed by atoms with van der Waals surface area (Å²) in [4.78, 5) is 30.0. The smallest absolute Gasteiger partial charge is 0.277 e. The molecule has 0 atom stereocenters. The third kappa shape index (κ3) is 6.23. The van der Waals surface area contributed by atoms with E-state index in [4.69, 9.17) is 9.47 Å². The molecular weight excluding hydrogens is 416 g/mol. The number of nitrogens with zero attached hydrogens (tertiary/aromatic N) is 2. The predicted molar refractivity (Wildman–Crippen MR) is 129 cm³/mol. The lowest BCUT2D eigenvalue weighted by atomic mass is 10.0. The topological polar surface area (TPSA) is 59.1 Å². The van der Waals surface area contributed by atoms with Crippen molar-refractivity contribution in [2.24, 2.45) is 0 Å². The van der Waals surface area contributed by atoms with Crippen molar-refractivity contribution in [3.05, 3.63) is 71.4 Å². The Balaban J connectivity index is 1.88. The Morgan fingerprint density at radius 2 is 1.64 bits per heavy atom. The lowest BCUT2D eigenvalue weighted by molar-refractivity contribution is -0.137. The number of ether oxygens (including phenoxy) is 2. The Hall–Kier alpha value is -3.12. The van der Waals surface area contributed by atoms with E-state index >= 15 is 0 Å². The van der Waals surface area contributed by atoms with Crippen LogP contribution < -0.4 is 4.74 Å². The molecule has 0 spiro atoms. The molecule has 6 heteroatoms. The highest BCUT2D eigenvalue weighted by Crippen LogP contribution is 2.32. The van der Waals surface area contributed by atoms with E-state index in [-0.39, 0.29) is 17.9 Å². The molecule has 0 aliphatic carbocycles. The minimum absolute atomic E-state index is 0.115. The molecule has 0 saturated carbocycles. The molecule has 1 aliphatic rings. The predicted octanol–water partition coefficient (Wildman–Crippen LogP) is 4.50. The van der Waals surface area contributed by atoms with Gasteiger partial charge in [0.25, 0.3) is 11.8 Å². The maximum absolute atomic E-state index is 13.4. The Morgan fingerprint density at radius 1 is 0.939 bits per heavy atom. The molecule has 1 heterocycles. The van der Waals surface area contributed by atoms with Crippen LogP contribution in [0.1, 0.15) is 44.7 Å². The minimum Gasteiger partial charge on any atom is -0.494 e. The number of amides is 2. The largest absolute Gasteiger partial charge is 0.494 e. The molecule has 0 fully saturated rings. The highest BCUT2D eigenvalue weighted by atomic mass is 16.5. The number of benzene rings is 2. The van der Waals surface area contributed by atoms with E-state index in [9.17, 15) is 9.59 Å². The van der Waals surface area contributed by atoms with E-state index < -0.39 is 0 Å². The zero-order valence-electron chi connectivity index (χ0n) is 20.0. The standard InChI is InChI=1S/C27H34N2O4/c1-5-17-33-23-14-12-22(13-15-23)24-25(28(4)19-21-10-7-6-8-11-21)27(31)29(26(24)30)16-9-18-32-20(2)3/h6-8,10-15,20H,5,9,16-19H2,1-4H3. The second-order valence-corrected chi connectivity index (χ2v) is 8.47. The Bertz CT molecular complexity index is 967. The van der Waals surface area contributed by atoms with Gasteiger partial charge >= 0.3 is 0 Å². The van der Waals surface area contributed by atoms with Crippen LogP contribution >= 0.6 is 0 Å². The summed E-state index contributed by atoms with van der Waals surface area (Å²) in [5, 5.41) is 0. The molecule has 0 aromatic heterocycles. The fraction of sp³-hybridized carbons (Fsp3) is 0.407. The van der Waals surface area contributed by atoms with Crippen molar-refractivity contribution >= 4 is 17.4 Å². The van der Waals surface area contributed by atoms with E-state index in [1.54, 1.807) is 0 Å². The van der Waals surface area contributed by atoms with Crippen molar-refractivity contribution in [2.45, 2.75) is 46.3 Å². The normalized spacial score (nSPS) is 13.9. The van der Waals surface area contributed by atoms with E-state index in [0.717, 1.165) is 17.7 Å². The van der Waals surface area contributed by atoms with Gasteiger partial charge in [0.05, 0.1) is 18.3 Å². The average molecular weight is 451 g/mol. The van der Waals surface area contributed by atoms with E-state index in [1.807, 2.05) is 80.4 Å². The van der Waals surface area contributed by atoms with Crippen LogP contribution in [0, 0.1) is 0 Å². The number of hydrogen-bond acceptors (Lipinski definition) is 5. The van der Waals surface area contributed by atoms with Crippen LogP contribution in [0.5, 0.6) is 5.75 Å². The van der Waals surface area contributed by atoms with E-state index in [1.165, 1.54) is 4.90 Å². The first-order valence-corrected chi connectivity index (χ1v) is 11.6. The maximum atomic E-state index is 13.4. The average Bonchev–Trinajstić information content (AvgIpc) is 3.06. The molecule has 33 heavy (non-hydrogen) atoms. The van der Waals surface area contributed by atoms with Crippen molar-refractivity contribution in [2.75, 3.05) is 26.8 Å². The number of carbonyl (C=O) groups is 2. The molecule has 2 amide bonds. The van der Waals surface area contributed by atoms with Crippen molar-refractivity contribution in [3.63, 3.8) is 0 Å². The second kappa shape index (κ2) is 11.7. The fourth-order valence-corrected chi connectivity index (χ4v) is 3.80. The van der Waals surface area contributed by atoms with Gasteiger partial charge in [0.15, 0.2) is 0 Å². The first-order chi connectivity index (χ1) is 15.9. The van der Waals surface area contributed by atoms with Gasteiger partial charge in [-0.1, -0.05) is 49.4 Å². The van der Waals surface area contributed by atoms with Gasteiger partial charge in [0.1, 0.15) is 11.4 Å². The molecule has 0 N–H and O–H groups in total. The molecule has 0 saturated heterocycles. The van der Waals surface area contributed by atoms with Crippen LogP contribution in [0.4, 0.5) is 0 Å². The van der Waals surface area contributed by atoms with Gasteiger partial charge in [-0.3, -0.25) is 14.5 Å². The van der Waals surface area contributed by atoms with E-state index in [2.05, 4.69) is 6.92 Å². The van der Waals surface area contributed by atoms with Gasteiger partial charge in [-0.2, -0.15) is 0 Å². The summed E-state index contributed by atoms with van der Waals surface area (Å²) >= 11 is 0. The summed E-state index contributed by atoms with van der Waals surface area (Å²) in [7, 11) is 1.86. The van der Waals surface area contributed by atoms with Crippen LogP contribution in [-0.2, 0) is 20.9 Å². The Kier molecular flexibility index (Phi) is 8.66. The van der Waals surface area contributed by atoms with Gasteiger partial charge in [-0.05, 0) is 49.9 Å². The number of rotatable bonds is 12. The quantitative estimate of drug-likeness (QED) is 0.352. The molecule has 176 valence electrons. The second-order valence-electron chi connectivity index (χ2n) is 8.47. The number of likely N-dealkylation sites (N-methyl/N-ethyl adjacent to an activating group) is 1.